The summed E-state index contributed by atoms with van der Waals surface area (Å²) in [6.07, 6.45) is 8.91. The Kier molecular flexibility index (Phi) is 2.51. The zero-order valence-corrected chi connectivity index (χ0v) is 11.3. The third-order valence-electron chi connectivity index (χ3n) is 4.43. The van der Waals surface area contributed by atoms with Crippen LogP contribution in [0.15, 0.2) is 35.1 Å². The van der Waals surface area contributed by atoms with E-state index in [0.29, 0.717) is 11.8 Å². The van der Waals surface area contributed by atoms with Crippen LogP contribution in [0.25, 0.3) is 0 Å². The van der Waals surface area contributed by atoms with Crippen LogP contribution in [0.4, 0.5) is 0 Å². The topological polar surface area (TPSA) is 26.3 Å². The van der Waals surface area contributed by atoms with Crippen molar-refractivity contribution in [1.29, 1.82) is 0 Å². The molecule has 1 aliphatic heterocycles. The molecule has 3 aliphatic rings. The van der Waals surface area contributed by atoms with Gasteiger partial charge in [0.2, 0.25) is 0 Å². The van der Waals surface area contributed by atoms with Crippen LogP contribution in [0.1, 0.15) is 33.6 Å². The van der Waals surface area contributed by atoms with E-state index in [1.165, 1.54) is 11.1 Å². The van der Waals surface area contributed by atoms with Gasteiger partial charge in [-0.05, 0) is 35.8 Å². The molecule has 3 unspecified atom stereocenters. The van der Waals surface area contributed by atoms with E-state index in [2.05, 4.69) is 26.8 Å². The van der Waals surface area contributed by atoms with Crippen molar-refractivity contribution < 1.29 is 9.53 Å². The molecule has 0 bridgehead atoms. The average molecular weight is 244 g/mol. The number of hydrogen-bond acceptors (Lipinski definition) is 2. The van der Waals surface area contributed by atoms with Gasteiger partial charge in [-0.3, -0.25) is 4.79 Å². The number of allylic oxidation sites excluding steroid dienone is 4. The molecule has 0 N–H and O–H groups in total. The molecular weight excluding hydrogens is 224 g/mol. The van der Waals surface area contributed by atoms with Gasteiger partial charge in [0.15, 0.2) is 12.4 Å². The molecule has 0 saturated heterocycles. The first-order valence-corrected chi connectivity index (χ1v) is 6.74. The zero-order chi connectivity index (χ0) is 12.9. The van der Waals surface area contributed by atoms with Gasteiger partial charge < -0.3 is 4.74 Å². The lowest BCUT2D eigenvalue weighted by molar-refractivity contribution is -0.115. The predicted molar refractivity (Wildman–Crippen MR) is 70.9 cm³/mol. The summed E-state index contributed by atoms with van der Waals surface area (Å²) in [7, 11) is 0. The molecule has 0 saturated carbocycles. The molecule has 96 valence electrons. The fraction of sp³-hybridized carbons (Fsp3) is 0.562. The Morgan fingerprint density at radius 2 is 2.17 bits per heavy atom. The Hall–Kier alpha value is -1.31. The fourth-order valence-corrected chi connectivity index (χ4v) is 3.40. The lowest BCUT2D eigenvalue weighted by Crippen LogP contribution is -2.43. The predicted octanol–water partition coefficient (Wildman–Crippen LogP) is 3.41. The molecule has 0 spiro atoms. The summed E-state index contributed by atoms with van der Waals surface area (Å²) in [5.74, 6) is 1.97. The van der Waals surface area contributed by atoms with Gasteiger partial charge in [0.1, 0.15) is 5.76 Å². The number of hydrogen-bond donors (Lipinski definition) is 0. The minimum absolute atomic E-state index is 0.274. The Labute approximate surface area is 108 Å². The quantitative estimate of drug-likeness (QED) is 0.522. The van der Waals surface area contributed by atoms with Crippen molar-refractivity contribution in [2.45, 2.75) is 39.7 Å². The highest BCUT2D eigenvalue weighted by atomic mass is 16.5. The SMILES string of the molecule is CC(C)(C)C1CC2=C1C1CC=CC=C1OC2C=O. The minimum atomic E-state index is -0.326. The van der Waals surface area contributed by atoms with Crippen molar-refractivity contribution in [3.63, 3.8) is 0 Å². The summed E-state index contributed by atoms with van der Waals surface area (Å²) in [6, 6.07) is 0. The minimum Gasteiger partial charge on any atom is -0.482 e. The van der Waals surface area contributed by atoms with Gasteiger partial charge in [-0.25, -0.2) is 0 Å². The lowest BCUT2D eigenvalue weighted by atomic mass is 9.58. The molecule has 18 heavy (non-hydrogen) atoms. The van der Waals surface area contributed by atoms with E-state index >= 15 is 0 Å². The molecule has 0 aromatic rings. The van der Waals surface area contributed by atoms with E-state index < -0.39 is 0 Å². The zero-order valence-electron chi connectivity index (χ0n) is 11.3. The Balaban J connectivity index is 2.01. The number of carbonyl (C=O) groups is 1. The second-order valence-electron chi connectivity index (χ2n) is 6.56. The number of aldehydes is 1. The summed E-state index contributed by atoms with van der Waals surface area (Å²) in [4.78, 5) is 11.2. The second-order valence-corrected chi connectivity index (χ2v) is 6.56. The third-order valence-corrected chi connectivity index (χ3v) is 4.43. The Morgan fingerprint density at radius 3 is 2.83 bits per heavy atom. The van der Waals surface area contributed by atoms with Gasteiger partial charge in [-0.1, -0.05) is 38.5 Å². The normalized spacial score (nSPS) is 33.9. The van der Waals surface area contributed by atoms with Crippen molar-refractivity contribution in [1.82, 2.24) is 0 Å². The number of fused-ring (bicyclic) bond motifs is 2. The molecular formula is C16H20O2. The molecule has 3 rings (SSSR count). The van der Waals surface area contributed by atoms with Gasteiger partial charge in [0.05, 0.1) is 0 Å². The van der Waals surface area contributed by atoms with Crippen LogP contribution in [0.3, 0.4) is 0 Å². The standard InChI is InChI=1S/C16H20O2/c1-16(2,3)12-8-11-14(9-17)18-13-7-5-4-6-10(13)15(11)12/h4-5,7,9-10,12,14H,6,8H2,1-3H3. The van der Waals surface area contributed by atoms with Gasteiger partial charge in [-0.2, -0.15) is 0 Å². The van der Waals surface area contributed by atoms with Crippen LogP contribution in [-0.4, -0.2) is 12.4 Å². The van der Waals surface area contributed by atoms with E-state index in [0.717, 1.165) is 24.9 Å². The highest BCUT2D eigenvalue weighted by molar-refractivity contribution is 5.66. The van der Waals surface area contributed by atoms with Crippen molar-refractivity contribution in [3.8, 4) is 0 Å². The van der Waals surface area contributed by atoms with Gasteiger partial charge in [-0.15, -0.1) is 0 Å². The molecule has 3 atom stereocenters. The van der Waals surface area contributed by atoms with Gasteiger partial charge >= 0.3 is 0 Å². The van der Waals surface area contributed by atoms with Gasteiger partial charge in [0.25, 0.3) is 0 Å². The van der Waals surface area contributed by atoms with Crippen LogP contribution in [0, 0.1) is 17.3 Å². The van der Waals surface area contributed by atoms with Crippen molar-refractivity contribution in [2.75, 3.05) is 0 Å². The van der Waals surface area contributed by atoms with Crippen LogP contribution in [-0.2, 0) is 9.53 Å². The number of carbonyl (C=O) groups excluding carboxylic acids is 1. The molecule has 0 radical (unpaired) electrons. The highest BCUT2D eigenvalue weighted by Gasteiger charge is 2.48. The third kappa shape index (κ3) is 1.58. The van der Waals surface area contributed by atoms with Crippen LogP contribution in [0.2, 0.25) is 0 Å². The van der Waals surface area contributed by atoms with E-state index in [1.54, 1.807) is 0 Å². The van der Waals surface area contributed by atoms with E-state index in [-0.39, 0.29) is 11.5 Å². The summed E-state index contributed by atoms with van der Waals surface area (Å²) in [5.41, 5.74) is 3.01. The molecule has 1 heterocycles. The molecule has 2 heteroatoms. The van der Waals surface area contributed by atoms with Crippen LogP contribution >= 0.6 is 0 Å². The monoisotopic (exact) mass is 244 g/mol. The van der Waals surface area contributed by atoms with E-state index in [4.69, 9.17) is 4.74 Å². The Bertz CT molecular complexity index is 474. The maximum Gasteiger partial charge on any atom is 0.175 e. The maximum atomic E-state index is 11.2. The summed E-state index contributed by atoms with van der Waals surface area (Å²) in [5, 5.41) is 0. The molecule has 2 nitrogen and oxygen atoms in total. The summed E-state index contributed by atoms with van der Waals surface area (Å²) < 4.78 is 5.82. The smallest absolute Gasteiger partial charge is 0.175 e. The largest absolute Gasteiger partial charge is 0.482 e. The van der Waals surface area contributed by atoms with Crippen molar-refractivity contribution >= 4 is 6.29 Å². The first-order chi connectivity index (χ1) is 8.52. The Morgan fingerprint density at radius 1 is 1.39 bits per heavy atom. The van der Waals surface area contributed by atoms with Gasteiger partial charge in [0, 0.05) is 5.92 Å². The maximum absolute atomic E-state index is 11.2. The molecule has 0 aromatic heterocycles. The summed E-state index contributed by atoms with van der Waals surface area (Å²) >= 11 is 0. The van der Waals surface area contributed by atoms with Crippen LogP contribution < -0.4 is 0 Å². The highest BCUT2D eigenvalue weighted by Crippen LogP contribution is 2.55. The number of rotatable bonds is 1. The number of ether oxygens (including phenoxy) is 1. The molecule has 2 aliphatic carbocycles. The lowest BCUT2D eigenvalue weighted by Gasteiger charge is -2.50. The molecule has 0 aromatic carbocycles. The second kappa shape index (κ2) is 3.84. The van der Waals surface area contributed by atoms with Crippen molar-refractivity contribution in [3.05, 3.63) is 35.1 Å². The molecule has 0 amide bonds. The van der Waals surface area contributed by atoms with E-state index in [9.17, 15) is 4.79 Å². The van der Waals surface area contributed by atoms with E-state index in [1.807, 2.05) is 12.2 Å². The average Bonchev–Trinajstić information content (AvgIpc) is 2.26. The van der Waals surface area contributed by atoms with Crippen LogP contribution in [0.5, 0.6) is 0 Å². The fourth-order valence-electron chi connectivity index (χ4n) is 3.40. The molecule has 0 fully saturated rings. The van der Waals surface area contributed by atoms with Crippen molar-refractivity contribution in [2.24, 2.45) is 17.3 Å². The first kappa shape index (κ1) is 11.8. The first-order valence-electron chi connectivity index (χ1n) is 6.74. The summed E-state index contributed by atoms with van der Waals surface area (Å²) in [6.45, 7) is 6.86.